The lowest BCUT2D eigenvalue weighted by atomic mass is 10.2. The molecule has 0 spiro atoms. The van der Waals surface area contributed by atoms with Gasteiger partial charge in [0.05, 0.1) is 16.8 Å². The van der Waals surface area contributed by atoms with Gasteiger partial charge in [0, 0.05) is 32.7 Å². The number of hydrogen-bond acceptors (Lipinski definition) is 4. The van der Waals surface area contributed by atoms with Crippen LogP contribution in [0.5, 0.6) is 0 Å². The van der Waals surface area contributed by atoms with Crippen molar-refractivity contribution in [2.75, 3.05) is 50.7 Å². The van der Waals surface area contributed by atoms with Gasteiger partial charge < -0.3 is 15.5 Å². The normalized spacial score (nSPS) is 21.0. The summed E-state index contributed by atoms with van der Waals surface area (Å²) < 4.78 is 0. The Morgan fingerprint density at radius 3 is 2.68 bits per heavy atom. The second-order valence-corrected chi connectivity index (χ2v) is 6.98. The number of piperazine rings is 1. The molecule has 1 atom stereocenters. The van der Waals surface area contributed by atoms with Crippen LogP contribution in [0.1, 0.15) is 19.3 Å². The van der Waals surface area contributed by atoms with E-state index in [-0.39, 0.29) is 24.4 Å². The van der Waals surface area contributed by atoms with E-state index in [1.807, 2.05) is 18.2 Å². The highest BCUT2D eigenvalue weighted by Crippen LogP contribution is 2.25. The summed E-state index contributed by atoms with van der Waals surface area (Å²) in [5.74, 6) is 0.163. The van der Waals surface area contributed by atoms with E-state index in [1.165, 1.54) is 0 Å². The monoisotopic (exact) mass is 386 g/mol. The molecule has 0 unspecified atom stereocenters. The molecular formula is C18H28Cl2N4O. The number of benzene rings is 1. The molecule has 0 radical (unpaired) electrons. The van der Waals surface area contributed by atoms with Gasteiger partial charge in [0.15, 0.2) is 0 Å². The van der Waals surface area contributed by atoms with Crippen molar-refractivity contribution in [2.45, 2.75) is 25.3 Å². The first-order valence-corrected chi connectivity index (χ1v) is 9.35. The fourth-order valence-corrected chi connectivity index (χ4v) is 3.72. The first kappa shape index (κ1) is 20.3. The van der Waals surface area contributed by atoms with Crippen molar-refractivity contribution in [3.63, 3.8) is 0 Å². The van der Waals surface area contributed by atoms with Gasteiger partial charge in [-0.25, -0.2) is 0 Å². The van der Waals surface area contributed by atoms with Gasteiger partial charge in [-0.1, -0.05) is 23.7 Å². The van der Waals surface area contributed by atoms with Crippen molar-refractivity contribution < 1.29 is 4.79 Å². The summed E-state index contributed by atoms with van der Waals surface area (Å²) in [6.07, 6.45) is 3.08. The second-order valence-electron chi connectivity index (χ2n) is 6.57. The van der Waals surface area contributed by atoms with E-state index in [1.54, 1.807) is 0 Å². The van der Waals surface area contributed by atoms with E-state index >= 15 is 0 Å². The van der Waals surface area contributed by atoms with Crippen LogP contribution in [0.25, 0.3) is 0 Å². The third kappa shape index (κ3) is 5.74. The summed E-state index contributed by atoms with van der Waals surface area (Å²) in [4.78, 5) is 16.7. The fourth-order valence-electron chi connectivity index (χ4n) is 3.47. The maximum Gasteiger partial charge on any atom is 0.237 e. The number of rotatable bonds is 6. The number of nitrogens with zero attached hydrogens (tertiary/aromatic N) is 2. The molecule has 1 aromatic rings. The minimum atomic E-state index is 0. The van der Waals surface area contributed by atoms with Crippen LogP contribution in [0, 0.1) is 0 Å². The zero-order valence-corrected chi connectivity index (χ0v) is 16.1. The van der Waals surface area contributed by atoms with Crippen LogP contribution in [-0.2, 0) is 4.79 Å². The number of carbonyl (C=O) groups excluding carboxylic acids is 1. The van der Waals surface area contributed by atoms with Gasteiger partial charge in [-0.3, -0.25) is 9.69 Å². The van der Waals surface area contributed by atoms with E-state index in [0.717, 1.165) is 75.8 Å². The highest BCUT2D eigenvalue weighted by atomic mass is 35.5. The van der Waals surface area contributed by atoms with Crippen molar-refractivity contribution in [3.05, 3.63) is 29.3 Å². The lowest BCUT2D eigenvalue weighted by molar-refractivity contribution is -0.122. The number of carbonyl (C=O) groups is 1. The predicted octanol–water partition coefficient (Wildman–Crippen LogP) is 2.14. The Morgan fingerprint density at radius 2 is 2.00 bits per heavy atom. The molecule has 1 aromatic carbocycles. The van der Waals surface area contributed by atoms with E-state index < -0.39 is 0 Å². The summed E-state index contributed by atoms with van der Waals surface area (Å²) in [5, 5.41) is 7.11. The summed E-state index contributed by atoms with van der Waals surface area (Å²) in [7, 11) is 0. The van der Waals surface area contributed by atoms with Crippen LogP contribution < -0.4 is 15.5 Å². The van der Waals surface area contributed by atoms with E-state index in [9.17, 15) is 4.79 Å². The Bertz CT molecular complexity index is 544. The topological polar surface area (TPSA) is 47.6 Å². The summed E-state index contributed by atoms with van der Waals surface area (Å²) in [6.45, 7) is 6.86. The predicted molar refractivity (Wildman–Crippen MR) is 106 cm³/mol. The molecular weight excluding hydrogens is 359 g/mol. The standard InChI is InChI=1S/C18H27ClN4O.ClH/c19-15-5-1-2-7-17(15)23-13-11-22(12-14-23)10-4-9-21-18(24)16-6-3-8-20-16;/h1-2,5,7,16,20H,3-4,6,8-14H2,(H,21,24);1H/t16-;/m0./s1. The largest absolute Gasteiger partial charge is 0.368 e. The number of hydrogen-bond donors (Lipinski definition) is 2. The van der Waals surface area contributed by atoms with Gasteiger partial charge in [-0.05, 0) is 44.5 Å². The first-order valence-electron chi connectivity index (χ1n) is 8.97. The number of para-hydroxylation sites is 1. The maximum atomic E-state index is 11.9. The molecule has 2 aliphatic heterocycles. The van der Waals surface area contributed by atoms with Crippen LogP contribution in [-0.4, -0.2) is 62.7 Å². The second kappa shape index (κ2) is 10.2. The van der Waals surface area contributed by atoms with Gasteiger partial charge in [-0.15, -0.1) is 12.4 Å². The molecule has 0 aliphatic carbocycles. The molecule has 0 saturated carbocycles. The minimum Gasteiger partial charge on any atom is -0.368 e. The van der Waals surface area contributed by atoms with Crippen LogP contribution in [0.3, 0.4) is 0 Å². The van der Waals surface area contributed by atoms with Crippen molar-refractivity contribution in [2.24, 2.45) is 0 Å². The van der Waals surface area contributed by atoms with Crippen LogP contribution in [0.2, 0.25) is 5.02 Å². The summed E-state index contributed by atoms with van der Waals surface area (Å²) in [6, 6.07) is 8.08. The zero-order valence-electron chi connectivity index (χ0n) is 14.5. The first-order chi connectivity index (χ1) is 11.7. The molecule has 3 rings (SSSR count). The van der Waals surface area contributed by atoms with Gasteiger partial charge in [0.1, 0.15) is 0 Å². The van der Waals surface area contributed by atoms with Crippen LogP contribution >= 0.6 is 24.0 Å². The molecule has 2 aliphatic rings. The molecule has 5 nitrogen and oxygen atoms in total. The molecule has 0 aromatic heterocycles. The molecule has 2 heterocycles. The minimum absolute atomic E-state index is 0. The third-order valence-corrected chi connectivity index (χ3v) is 5.21. The lowest BCUT2D eigenvalue weighted by Gasteiger charge is -2.36. The number of halogens is 2. The van der Waals surface area contributed by atoms with Crippen molar-refractivity contribution in [1.29, 1.82) is 0 Å². The molecule has 2 fully saturated rings. The Hall–Kier alpha value is -1.01. The summed E-state index contributed by atoms with van der Waals surface area (Å²) >= 11 is 6.28. The van der Waals surface area contributed by atoms with Gasteiger partial charge in [-0.2, -0.15) is 0 Å². The highest BCUT2D eigenvalue weighted by molar-refractivity contribution is 6.33. The lowest BCUT2D eigenvalue weighted by Crippen LogP contribution is -2.47. The van der Waals surface area contributed by atoms with Gasteiger partial charge >= 0.3 is 0 Å². The smallest absolute Gasteiger partial charge is 0.237 e. The fraction of sp³-hybridized carbons (Fsp3) is 0.611. The van der Waals surface area contributed by atoms with Crippen LogP contribution in [0.15, 0.2) is 24.3 Å². The number of nitrogens with one attached hydrogen (secondary N) is 2. The average Bonchev–Trinajstić information content (AvgIpc) is 3.14. The Labute approximate surface area is 161 Å². The van der Waals surface area contributed by atoms with E-state index in [2.05, 4.69) is 26.5 Å². The van der Waals surface area contributed by atoms with Crippen molar-refractivity contribution in [1.82, 2.24) is 15.5 Å². The Kier molecular flexibility index (Phi) is 8.30. The van der Waals surface area contributed by atoms with Crippen molar-refractivity contribution >= 4 is 35.6 Å². The van der Waals surface area contributed by atoms with E-state index in [4.69, 9.17) is 11.6 Å². The quantitative estimate of drug-likeness (QED) is 0.735. The SMILES string of the molecule is Cl.O=C(NCCCN1CCN(c2ccccc2Cl)CC1)[C@@H]1CCCN1. The van der Waals surface area contributed by atoms with Crippen molar-refractivity contribution in [3.8, 4) is 0 Å². The van der Waals surface area contributed by atoms with Gasteiger partial charge in [0.25, 0.3) is 0 Å². The highest BCUT2D eigenvalue weighted by Gasteiger charge is 2.21. The molecule has 7 heteroatoms. The molecule has 1 amide bonds. The van der Waals surface area contributed by atoms with Gasteiger partial charge in [0.2, 0.25) is 5.91 Å². The molecule has 25 heavy (non-hydrogen) atoms. The number of amides is 1. The Balaban J connectivity index is 0.00000225. The maximum absolute atomic E-state index is 11.9. The molecule has 140 valence electrons. The number of anilines is 1. The van der Waals surface area contributed by atoms with E-state index in [0.29, 0.717) is 0 Å². The Morgan fingerprint density at radius 1 is 1.24 bits per heavy atom. The summed E-state index contributed by atoms with van der Waals surface area (Å²) in [5.41, 5.74) is 1.13. The molecule has 0 bridgehead atoms. The zero-order chi connectivity index (χ0) is 16.8. The average molecular weight is 387 g/mol. The molecule has 2 saturated heterocycles. The molecule has 2 N–H and O–H groups in total. The third-order valence-electron chi connectivity index (χ3n) is 4.89. The van der Waals surface area contributed by atoms with Crippen LogP contribution in [0.4, 0.5) is 5.69 Å².